The van der Waals surface area contributed by atoms with Gasteiger partial charge in [0, 0.05) is 26.2 Å². The average molecular weight is 380 g/mol. The molecule has 0 unspecified atom stereocenters. The minimum Gasteiger partial charge on any atom is -0.350 e. The van der Waals surface area contributed by atoms with Crippen molar-refractivity contribution in [1.82, 2.24) is 20.0 Å². The topological polar surface area (TPSA) is 101 Å². The Bertz CT molecular complexity index is 953. The molecule has 0 saturated heterocycles. The van der Waals surface area contributed by atoms with Gasteiger partial charge in [-0.3, -0.25) is 14.3 Å². The maximum atomic E-state index is 12.9. The van der Waals surface area contributed by atoms with E-state index in [2.05, 4.69) is 10.4 Å². The predicted molar refractivity (Wildman–Crippen MR) is 90.0 cm³/mol. The molecular weight excluding hydrogens is 363 g/mol. The van der Waals surface area contributed by atoms with Crippen molar-refractivity contribution in [2.45, 2.75) is 11.4 Å². The fourth-order valence-corrected chi connectivity index (χ4v) is 3.72. The van der Waals surface area contributed by atoms with E-state index >= 15 is 0 Å². The highest BCUT2D eigenvalue weighted by Crippen LogP contribution is 2.13. The van der Waals surface area contributed by atoms with Gasteiger partial charge in [-0.1, -0.05) is 0 Å². The van der Waals surface area contributed by atoms with E-state index in [9.17, 15) is 22.4 Å². The Kier molecular flexibility index (Phi) is 4.77. The monoisotopic (exact) mass is 380 g/mol. The number of nitrogens with zero attached hydrogens (tertiary/aromatic N) is 3. The molecule has 1 aliphatic rings. The molecule has 0 fully saturated rings. The lowest BCUT2D eigenvalue weighted by Gasteiger charge is -2.22. The molecule has 2 heterocycles. The number of aromatic nitrogens is 2. The number of benzene rings is 1. The third-order valence-electron chi connectivity index (χ3n) is 4.05. The minimum atomic E-state index is -3.64. The van der Waals surface area contributed by atoms with Gasteiger partial charge >= 0.3 is 0 Å². The minimum absolute atomic E-state index is 0.0146. The van der Waals surface area contributed by atoms with Crippen molar-refractivity contribution < 1.29 is 22.4 Å². The Morgan fingerprint density at radius 1 is 1.27 bits per heavy atom. The van der Waals surface area contributed by atoms with Gasteiger partial charge in [0.15, 0.2) is 15.5 Å². The Morgan fingerprint density at radius 2 is 1.96 bits per heavy atom. The zero-order valence-corrected chi connectivity index (χ0v) is 14.8. The van der Waals surface area contributed by atoms with E-state index in [0.717, 1.165) is 12.1 Å². The Hall–Kier alpha value is -2.75. The molecule has 10 heteroatoms. The summed E-state index contributed by atoms with van der Waals surface area (Å²) in [6.07, 6.45) is 0. The van der Waals surface area contributed by atoms with E-state index in [1.54, 1.807) is 7.05 Å². The highest BCUT2D eigenvalue weighted by Gasteiger charge is 2.25. The first kappa shape index (κ1) is 18.1. The van der Waals surface area contributed by atoms with Crippen LogP contribution in [-0.4, -0.2) is 60.8 Å². The lowest BCUT2D eigenvalue weighted by Crippen LogP contribution is -2.37. The summed E-state index contributed by atoms with van der Waals surface area (Å²) in [4.78, 5) is 25.7. The first-order valence-corrected chi connectivity index (χ1v) is 9.53. The Balaban J connectivity index is 1.62. The van der Waals surface area contributed by atoms with Crippen LogP contribution in [0.3, 0.4) is 0 Å². The van der Waals surface area contributed by atoms with Crippen LogP contribution in [0.4, 0.5) is 4.39 Å². The summed E-state index contributed by atoms with van der Waals surface area (Å²) in [5, 5.41) is 6.56. The number of likely N-dealkylation sites (N-methyl/N-ethyl adjacent to an activating group) is 1. The second-order valence-electron chi connectivity index (χ2n) is 5.89. The first-order valence-electron chi connectivity index (χ1n) is 7.88. The van der Waals surface area contributed by atoms with Crippen molar-refractivity contribution in [3.05, 3.63) is 47.5 Å². The van der Waals surface area contributed by atoms with Crippen molar-refractivity contribution in [2.24, 2.45) is 0 Å². The molecule has 26 heavy (non-hydrogen) atoms. The summed E-state index contributed by atoms with van der Waals surface area (Å²) >= 11 is 0. The molecule has 1 N–H and O–H groups in total. The molecule has 0 aliphatic carbocycles. The number of hydrogen-bond acceptors (Lipinski definition) is 5. The molecule has 2 aromatic rings. The molecule has 1 aliphatic heterocycles. The van der Waals surface area contributed by atoms with Crippen LogP contribution in [-0.2, 0) is 16.4 Å². The molecule has 1 aromatic heterocycles. The number of fused-ring (bicyclic) bond motifs is 1. The third-order valence-corrected chi connectivity index (χ3v) is 5.79. The number of halogens is 1. The number of rotatable bonds is 5. The summed E-state index contributed by atoms with van der Waals surface area (Å²) in [6, 6.07) is 5.88. The number of carbonyl (C=O) groups is 2. The highest BCUT2D eigenvalue weighted by atomic mass is 32.2. The quantitative estimate of drug-likeness (QED) is 0.753. The molecular formula is C16H17FN4O4S. The summed E-state index contributed by atoms with van der Waals surface area (Å²) in [6.45, 7) is 0.864. The van der Waals surface area contributed by atoms with E-state index in [1.165, 1.54) is 27.8 Å². The van der Waals surface area contributed by atoms with Gasteiger partial charge in [0.05, 0.1) is 17.2 Å². The van der Waals surface area contributed by atoms with Crippen LogP contribution in [0.25, 0.3) is 0 Å². The molecule has 0 radical (unpaired) electrons. The SMILES string of the molecule is CN1CCn2nc(C(=O)NCCS(=O)(=O)c3ccc(F)cc3)cc2C1=O. The molecule has 2 amide bonds. The summed E-state index contributed by atoms with van der Waals surface area (Å²) in [7, 11) is -1.98. The van der Waals surface area contributed by atoms with E-state index in [0.29, 0.717) is 18.8 Å². The van der Waals surface area contributed by atoms with E-state index < -0.39 is 21.6 Å². The molecule has 0 atom stereocenters. The lowest BCUT2D eigenvalue weighted by atomic mass is 10.2. The van der Waals surface area contributed by atoms with Crippen LogP contribution in [0.2, 0.25) is 0 Å². The van der Waals surface area contributed by atoms with Gasteiger partial charge in [-0.25, -0.2) is 12.8 Å². The average Bonchev–Trinajstić information content (AvgIpc) is 3.03. The largest absolute Gasteiger partial charge is 0.350 e. The standard InChI is InChI=1S/C16H17FN4O4S/c1-20-7-8-21-14(16(20)23)10-13(19-21)15(22)18-6-9-26(24,25)12-4-2-11(17)3-5-12/h2-5,10H,6-9H2,1H3,(H,18,22). The fraction of sp³-hybridized carbons (Fsp3) is 0.312. The second kappa shape index (κ2) is 6.87. The van der Waals surface area contributed by atoms with E-state index in [-0.39, 0.29) is 28.8 Å². The zero-order valence-electron chi connectivity index (χ0n) is 14.0. The van der Waals surface area contributed by atoms with Crippen LogP contribution in [0.1, 0.15) is 21.0 Å². The number of sulfone groups is 1. The van der Waals surface area contributed by atoms with Crippen LogP contribution in [0.15, 0.2) is 35.2 Å². The van der Waals surface area contributed by atoms with Crippen molar-refractivity contribution in [1.29, 1.82) is 0 Å². The summed E-state index contributed by atoms with van der Waals surface area (Å²) < 4.78 is 38.7. The van der Waals surface area contributed by atoms with Gasteiger partial charge < -0.3 is 10.2 Å². The Morgan fingerprint density at radius 3 is 2.65 bits per heavy atom. The van der Waals surface area contributed by atoms with Gasteiger partial charge in [0.1, 0.15) is 11.5 Å². The maximum absolute atomic E-state index is 12.9. The molecule has 8 nitrogen and oxygen atoms in total. The van der Waals surface area contributed by atoms with Crippen LogP contribution in [0, 0.1) is 5.82 Å². The Labute approximate surface area is 149 Å². The smallest absolute Gasteiger partial charge is 0.271 e. The number of carbonyl (C=O) groups excluding carboxylic acids is 2. The highest BCUT2D eigenvalue weighted by molar-refractivity contribution is 7.91. The lowest BCUT2D eigenvalue weighted by molar-refractivity contribution is 0.0742. The summed E-state index contributed by atoms with van der Waals surface area (Å²) in [5.41, 5.74) is 0.380. The number of hydrogen-bond donors (Lipinski definition) is 1. The van der Waals surface area contributed by atoms with Crippen molar-refractivity contribution in [3.63, 3.8) is 0 Å². The molecule has 1 aromatic carbocycles. The summed E-state index contributed by atoms with van der Waals surface area (Å²) in [5.74, 6) is -1.64. The van der Waals surface area contributed by atoms with Crippen molar-refractivity contribution in [3.8, 4) is 0 Å². The van der Waals surface area contributed by atoms with Crippen molar-refractivity contribution >= 4 is 21.7 Å². The predicted octanol–water partition coefficient (Wildman–Crippen LogP) is 0.312. The normalized spacial score (nSPS) is 14.2. The second-order valence-corrected chi connectivity index (χ2v) is 8.00. The molecule has 0 bridgehead atoms. The first-order chi connectivity index (χ1) is 12.3. The fourth-order valence-electron chi connectivity index (χ4n) is 2.56. The van der Waals surface area contributed by atoms with Gasteiger partial charge in [0.25, 0.3) is 11.8 Å². The van der Waals surface area contributed by atoms with Gasteiger partial charge in [-0.15, -0.1) is 0 Å². The zero-order chi connectivity index (χ0) is 18.9. The van der Waals surface area contributed by atoms with Crippen molar-refractivity contribution in [2.75, 3.05) is 25.9 Å². The number of amides is 2. The molecule has 138 valence electrons. The molecule has 3 rings (SSSR count). The van der Waals surface area contributed by atoms with Gasteiger partial charge in [-0.05, 0) is 24.3 Å². The maximum Gasteiger partial charge on any atom is 0.271 e. The van der Waals surface area contributed by atoms with Crippen LogP contribution in [0.5, 0.6) is 0 Å². The van der Waals surface area contributed by atoms with Crippen LogP contribution >= 0.6 is 0 Å². The van der Waals surface area contributed by atoms with Gasteiger partial charge in [0.2, 0.25) is 0 Å². The van der Waals surface area contributed by atoms with E-state index in [4.69, 9.17) is 0 Å². The van der Waals surface area contributed by atoms with Crippen LogP contribution < -0.4 is 5.32 Å². The third kappa shape index (κ3) is 3.59. The van der Waals surface area contributed by atoms with E-state index in [1.807, 2.05) is 0 Å². The molecule has 0 saturated carbocycles. The number of nitrogens with one attached hydrogen (secondary N) is 1. The van der Waals surface area contributed by atoms with Gasteiger partial charge in [-0.2, -0.15) is 5.10 Å². The molecule has 0 spiro atoms.